The molecule has 5 nitrogen and oxygen atoms in total. The van der Waals surface area contributed by atoms with E-state index >= 15 is 0 Å². The molecule has 2 amide bonds. The smallest absolute Gasteiger partial charge is 0.268 e. The molecule has 0 spiro atoms. The van der Waals surface area contributed by atoms with E-state index in [-0.39, 0.29) is 12.2 Å². The van der Waals surface area contributed by atoms with Crippen molar-refractivity contribution in [2.24, 2.45) is 0 Å². The second kappa shape index (κ2) is 12.0. The summed E-state index contributed by atoms with van der Waals surface area (Å²) in [4.78, 5) is 25.7. The van der Waals surface area contributed by atoms with Crippen LogP contribution in [0.25, 0.3) is 6.08 Å². The summed E-state index contributed by atoms with van der Waals surface area (Å²) >= 11 is 3.45. The third-order valence-corrected chi connectivity index (χ3v) is 5.84. The maximum absolute atomic E-state index is 14.0. The molecule has 0 unspecified atom stereocenters. The summed E-state index contributed by atoms with van der Waals surface area (Å²) in [6, 6.07) is 29.3. The van der Waals surface area contributed by atoms with Crippen LogP contribution < -0.4 is 15.4 Å². The molecule has 0 saturated heterocycles. The van der Waals surface area contributed by atoms with Crippen LogP contribution in [0.3, 0.4) is 0 Å². The number of ether oxygens (including phenoxy) is 1. The molecular formula is C29H22BrFN2O3. The second-order valence-electron chi connectivity index (χ2n) is 7.75. The van der Waals surface area contributed by atoms with Gasteiger partial charge in [0.2, 0.25) is 0 Å². The monoisotopic (exact) mass is 544 g/mol. The topological polar surface area (TPSA) is 67.4 Å². The highest BCUT2D eigenvalue weighted by atomic mass is 79.9. The zero-order chi connectivity index (χ0) is 25.3. The number of para-hydroxylation sites is 1. The van der Waals surface area contributed by atoms with Crippen LogP contribution in [0.5, 0.6) is 11.5 Å². The van der Waals surface area contributed by atoms with Crippen molar-refractivity contribution in [3.8, 4) is 11.5 Å². The van der Waals surface area contributed by atoms with E-state index < -0.39 is 17.6 Å². The number of amides is 2. The average Bonchev–Trinajstić information content (AvgIpc) is 2.90. The van der Waals surface area contributed by atoms with E-state index in [1.165, 1.54) is 6.07 Å². The summed E-state index contributed by atoms with van der Waals surface area (Å²) in [7, 11) is 0. The molecular weight excluding hydrogens is 523 g/mol. The van der Waals surface area contributed by atoms with Crippen LogP contribution in [0.15, 0.2) is 113 Å². The molecule has 36 heavy (non-hydrogen) atoms. The van der Waals surface area contributed by atoms with E-state index in [1.807, 2.05) is 24.3 Å². The van der Waals surface area contributed by atoms with Crippen LogP contribution in [0.4, 0.5) is 4.39 Å². The Balaban J connectivity index is 1.54. The van der Waals surface area contributed by atoms with Crippen LogP contribution in [0, 0.1) is 5.82 Å². The van der Waals surface area contributed by atoms with E-state index in [9.17, 15) is 14.0 Å². The Morgan fingerprint density at radius 2 is 1.50 bits per heavy atom. The molecule has 0 heterocycles. The minimum absolute atomic E-state index is 0.0250. The number of carbonyl (C=O) groups is 2. The Kier molecular flexibility index (Phi) is 8.26. The van der Waals surface area contributed by atoms with Crippen molar-refractivity contribution >= 4 is 33.8 Å². The van der Waals surface area contributed by atoms with Crippen molar-refractivity contribution in [3.05, 3.63) is 136 Å². The fourth-order valence-electron chi connectivity index (χ4n) is 3.31. The molecule has 0 bridgehead atoms. The van der Waals surface area contributed by atoms with Crippen molar-refractivity contribution in [2.45, 2.75) is 6.54 Å². The normalized spacial score (nSPS) is 11.0. The number of hydrogen-bond acceptors (Lipinski definition) is 3. The fraction of sp³-hybridized carbons (Fsp3) is 0.0345. The van der Waals surface area contributed by atoms with Crippen molar-refractivity contribution in [2.75, 3.05) is 0 Å². The number of halogens is 2. The Morgan fingerprint density at radius 1 is 0.833 bits per heavy atom. The molecule has 4 rings (SSSR count). The third kappa shape index (κ3) is 6.67. The lowest BCUT2D eigenvalue weighted by molar-refractivity contribution is -0.117. The summed E-state index contributed by atoms with van der Waals surface area (Å²) in [6.07, 6.45) is 1.56. The minimum Gasteiger partial charge on any atom is -0.456 e. The Morgan fingerprint density at radius 3 is 2.22 bits per heavy atom. The van der Waals surface area contributed by atoms with Gasteiger partial charge in [0.1, 0.15) is 23.0 Å². The van der Waals surface area contributed by atoms with Gasteiger partial charge in [-0.3, -0.25) is 9.59 Å². The summed E-state index contributed by atoms with van der Waals surface area (Å²) in [6.45, 7) is -0.0250. The van der Waals surface area contributed by atoms with Gasteiger partial charge in [0, 0.05) is 17.7 Å². The van der Waals surface area contributed by atoms with Gasteiger partial charge >= 0.3 is 0 Å². The van der Waals surface area contributed by atoms with Crippen LogP contribution in [0.2, 0.25) is 0 Å². The highest BCUT2D eigenvalue weighted by Crippen LogP contribution is 2.29. The Hall–Kier alpha value is -4.23. The predicted molar refractivity (Wildman–Crippen MR) is 141 cm³/mol. The van der Waals surface area contributed by atoms with Gasteiger partial charge in [-0.1, -0.05) is 60.7 Å². The average molecular weight is 545 g/mol. The summed E-state index contributed by atoms with van der Waals surface area (Å²) in [5, 5.41) is 5.35. The molecule has 0 aromatic heterocycles. The van der Waals surface area contributed by atoms with E-state index in [1.54, 1.807) is 78.9 Å². The van der Waals surface area contributed by atoms with Gasteiger partial charge in [0.25, 0.3) is 11.8 Å². The Bertz CT molecular complexity index is 1390. The summed E-state index contributed by atoms with van der Waals surface area (Å²) in [5.74, 6) is -0.118. The van der Waals surface area contributed by atoms with Gasteiger partial charge in [-0.15, -0.1) is 0 Å². The molecule has 4 aromatic rings. The van der Waals surface area contributed by atoms with Gasteiger partial charge in [-0.05, 0) is 70.0 Å². The first-order chi connectivity index (χ1) is 17.5. The first-order valence-electron chi connectivity index (χ1n) is 11.1. The van der Waals surface area contributed by atoms with E-state index in [0.717, 1.165) is 4.47 Å². The van der Waals surface area contributed by atoms with Crippen molar-refractivity contribution in [1.29, 1.82) is 0 Å². The largest absolute Gasteiger partial charge is 0.456 e. The molecule has 4 aromatic carbocycles. The van der Waals surface area contributed by atoms with Crippen molar-refractivity contribution in [1.82, 2.24) is 10.6 Å². The first-order valence-corrected chi connectivity index (χ1v) is 11.9. The highest BCUT2D eigenvalue weighted by molar-refractivity contribution is 9.10. The standard InChI is InChI=1S/C29H22BrFN2O3/c30-24-11-5-7-13-27(24)36-23-16-14-20(15-17-23)18-26(33-28(34)21-8-2-1-3-9-21)29(35)32-19-22-10-4-6-12-25(22)31/h1-18H,19H2,(H,32,35)(H,33,34)/b26-18-. The second-order valence-corrected chi connectivity index (χ2v) is 8.61. The van der Waals surface area contributed by atoms with Crippen LogP contribution >= 0.6 is 15.9 Å². The zero-order valence-corrected chi connectivity index (χ0v) is 20.7. The molecule has 2 N–H and O–H groups in total. The third-order valence-electron chi connectivity index (χ3n) is 5.18. The molecule has 0 aliphatic heterocycles. The van der Waals surface area contributed by atoms with Gasteiger partial charge in [-0.25, -0.2) is 4.39 Å². The van der Waals surface area contributed by atoms with E-state index in [4.69, 9.17) is 4.74 Å². The van der Waals surface area contributed by atoms with Gasteiger partial charge < -0.3 is 15.4 Å². The number of nitrogens with one attached hydrogen (secondary N) is 2. The molecule has 0 atom stereocenters. The zero-order valence-electron chi connectivity index (χ0n) is 19.1. The number of benzene rings is 4. The minimum atomic E-state index is -0.545. The maximum Gasteiger partial charge on any atom is 0.268 e. The molecule has 0 fully saturated rings. The van der Waals surface area contributed by atoms with Crippen molar-refractivity contribution < 1.29 is 18.7 Å². The highest BCUT2D eigenvalue weighted by Gasteiger charge is 2.15. The Labute approximate surface area is 216 Å². The number of rotatable bonds is 8. The lowest BCUT2D eigenvalue weighted by Crippen LogP contribution is -2.34. The lowest BCUT2D eigenvalue weighted by atomic mass is 10.1. The fourth-order valence-corrected chi connectivity index (χ4v) is 3.67. The molecule has 0 aliphatic rings. The molecule has 0 saturated carbocycles. The van der Waals surface area contributed by atoms with Crippen LogP contribution in [-0.2, 0) is 11.3 Å². The summed E-state index contributed by atoms with van der Waals surface area (Å²) < 4.78 is 20.7. The molecule has 0 radical (unpaired) electrons. The molecule has 0 aliphatic carbocycles. The van der Waals surface area contributed by atoms with E-state index in [0.29, 0.717) is 28.2 Å². The summed E-state index contributed by atoms with van der Waals surface area (Å²) in [5.41, 5.74) is 1.44. The number of hydrogen-bond donors (Lipinski definition) is 2. The number of carbonyl (C=O) groups excluding carboxylic acids is 2. The SMILES string of the molecule is O=C(NCc1ccccc1F)/C(=C/c1ccc(Oc2ccccc2Br)cc1)NC(=O)c1ccccc1. The first kappa shape index (κ1) is 24.9. The van der Waals surface area contributed by atoms with Gasteiger partial charge in [0.05, 0.1) is 4.47 Å². The van der Waals surface area contributed by atoms with Gasteiger partial charge in [-0.2, -0.15) is 0 Å². The van der Waals surface area contributed by atoms with Gasteiger partial charge in [0.15, 0.2) is 0 Å². The maximum atomic E-state index is 14.0. The molecule has 180 valence electrons. The van der Waals surface area contributed by atoms with E-state index in [2.05, 4.69) is 26.6 Å². The predicted octanol–water partition coefficient (Wildman–Crippen LogP) is 6.47. The van der Waals surface area contributed by atoms with Crippen LogP contribution in [0.1, 0.15) is 21.5 Å². The molecule has 7 heteroatoms. The van der Waals surface area contributed by atoms with Crippen LogP contribution in [-0.4, -0.2) is 11.8 Å². The lowest BCUT2D eigenvalue weighted by Gasteiger charge is -2.12. The van der Waals surface area contributed by atoms with Crippen molar-refractivity contribution in [3.63, 3.8) is 0 Å². The quantitative estimate of drug-likeness (QED) is 0.250.